The molecule has 0 bridgehead atoms. The minimum absolute atomic E-state index is 0.208. The molecule has 0 amide bonds. The number of rotatable bonds is 3. The predicted molar refractivity (Wildman–Crippen MR) is 60.0 cm³/mol. The van der Waals surface area contributed by atoms with E-state index in [1.54, 1.807) is 6.20 Å². The van der Waals surface area contributed by atoms with Gasteiger partial charge in [0.2, 0.25) is 0 Å². The van der Waals surface area contributed by atoms with Gasteiger partial charge in [0.1, 0.15) is 0 Å². The lowest BCUT2D eigenvalue weighted by Gasteiger charge is -2.29. The number of hydrogen-bond donors (Lipinski definition) is 2. The Kier molecular flexibility index (Phi) is 3.51. The van der Waals surface area contributed by atoms with Crippen LogP contribution in [-0.2, 0) is 4.79 Å². The van der Waals surface area contributed by atoms with E-state index in [2.05, 4.69) is 10.3 Å². The first-order chi connectivity index (χ1) is 7.75. The molecule has 2 heterocycles. The van der Waals surface area contributed by atoms with Gasteiger partial charge in [0.25, 0.3) is 0 Å². The van der Waals surface area contributed by atoms with Gasteiger partial charge in [-0.25, -0.2) is 0 Å². The van der Waals surface area contributed by atoms with E-state index in [0.717, 1.165) is 25.1 Å². The maximum atomic E-state index is 10.7. The standard InChI is InChI=1S/C12H16N2O2/c15-12(16)8-9-4-6-14-11(7-9)10-3-1-2-5-13-10/h1-3,5,9,11,14H,4,6-8H2,(H,15,16). The summed E-state index contributed by atoms with van der Waals surface area (Å²) in [4.78, 5) is 15.0. The second-order valence-electron chi connectivity index (χ2n) is 4.25. The van der Waals surface area contributed by atoms with Crippen LogP contribution in [0.1, 0.15) is 31.0 Å². The van der Waals surface area contributed by atoms with Crippen LogP contribution in [-0.4, -0.2) is 22.6 Å². The molecular weight excluding hydrogens is 204 g/mol. The molecule has 1 aromatic rings. The number of nitrogens with zero attached hydrogens (tertiary/aromatic N) is 1. The molecule has 1 aromatic heterocycles. The highest BCUT2D eigenvalue weighted by Crippen LogP contribution is 2.27. The van der Waals surface area contributed by atoms with Crippen molar-refractivity contribution in [2.45, 2.75) is 25.3 Å². The zero-order valence-electron chi connectivity index (χ0n) is 9.10. The average Bonchev–Trinajstić information content (AvgIpc) is 2.30. The van der Waals surface area contributed by atoms with Gasteiger partial charge >= 0.3 is 5.97 Å². The maximum absolute atomic E-state index is 10.7. The maximum Gasteiger partial charge on any atom is 0.303 e. The van der Waals surface area contributed by atoms with Gasteiger partial charge in [-0.3, -0.25) is 9.78 Å². The SMILES string of the molecule is O=C(O)CC1CCNC(c2ccccn2)C1. The largest absolute Gasteiger partial charge is 0.481 e. The van der Waals surface area contributed by atoms with E-state index in [-0.39, 0.29) is 18.4 Å². The Bertz CT molecular complexity index is 353. The fraction of sp³-hybridized carbons (Fsp3) is 0.500. The molecule has 0 radical (unpaired) electrons. The lowest BCUT2D eigenvalue weighted by Crippen LogP contribution is -2.33. The topological polar surface area (TPSA) is 62.2 Å². The smallest absolute Gasteiger partial charge is 0.303 e. The van der Waals surface area contributed by atoms with Crippen molar-refractivity contribution < 1.29 is 9.90 Å². The van der Waals surface area contributed by atoms with E-state index >= 15 is 0 Å². The van der Waals surface area contributed by atoms with Gasteiger partial charge in [-0.05, 0) is 37.4 Å². The highest BCUT2D eigenvalue weighted by Gasteiger charge is 2.24. The quantitative estimate of drug-likeness (QED) is 0.812. The first-order valence-corrected chi connectivity index (χ1v) is 5.62. The molecule has 2 unspecified atom stereocenters. The molecule has 4 heteroatoms. The molecule has 1 fully saturated rings. The van der Waals surface area contributed by atoms with Crippen molar-refractivity contribution in [1.29, 1.82) is 0 Å². The summed E-state index contributed by atoms with van der Waals surface area (Å²) < 4.78 is 0. The van der Waals surface area contributed by atoms with Crippen molar-refractivity contribution in [2.75, 3.05) is 6.54 Å². The van der Waals surface area contributed by atoms with Gasteiger partial charge in [0.05, 0.1) is 5.69 Å². The zero-order chi connectivity index (χ0) is 11.4. The lowest BCUT2D eigenvalue weighted by atomic mass is 9.88. The summed E-state index contributed by atoms with van der Waals surface area (Å²) in [5, 5.41) is 12.2. The second kappa shape index (κ2) is 5.07. The number of pyridine rings is 1. The summed E-state index contributed by atoms with van der Waals surface area (Å²) in [6.07, 6.45) is 3.85. The highest BCUT2D eigenvalue weighted by molar-refractivity contribution is 5.67. The van der Waals surface area contributed by atoms with Crippen LogP contribution in [0.25, 0.3) is 0 Å². The molecule has 4 nitrogen and oxygen atoms in total. The second-order valence-corrected chi connectivity index (χ2v) is 4.25. The molecule has 2 rings (SSSR count). The summed E-state index contributed by atoms with van der Waals surface area (Å²) in [5.74, 6) is -0.433. The lowest BCUT2D eigenvalue weighted by molar-refractivity contribution is -0.138. The van der Waals surface area contributed by atoms with E-state index in [1.807, 2.05) is 18.2 Å². The fourth-order valence-electron chi connectivity index (χ4n) is 2.24. The highest BCUT2D eigenvalue weighted by atomic mass is 16.4. The normalized spacial score (nSPS) is 25.2. The van der Waals surface area contributed by atoms with Gasteiger partial charge in [0.15, 0.2) is 0 Å². The number of aromatic nitrogens is 1. The van der Waals surface area contributed by atoms with Crippen molar-refractivity contribution in [1.82, 2.24) is 10.3 Å². The predicted octanol–water partition coefficient (Wildman–Crippen LogP) is 1.60. The van der Waals surface area contributed by atoms with Crippen molar-refractivity contribution in [3.05, 3.63) is 30.1 Å². The number of carboxylic acid groups (broad SMARTS) is 1. The van der Waals surface area contributed by atoms with Gasteiger partial charge < -0.3 is 10.4 Å². The molecule has 16 heavy (non-hydrogen) atoms. The third-order valence-electron chi connectivity index (χ3n) is 3.02. The Morgan fingerprint density at radius 3 is 3.12 bits per heavy atom. The molecule has 0 aliphatic carbocycles. The van der Waals surface area contributed by atoms with Crippen LogP contribution in [0, 0.1) is 5.92 Å². The minimum atomic E-state index is -0.702. The Hall–Kier alpha value is -1.42. The summed E-state index contributed by atoms with van der Waals surface area (Å²) in [6.45, 7) is 0.874. The molecule has 0 spiro atoms. The van der Waals surface area contributed by atoms with Crippen LogP contribution in [0.4, 0.5) is 0 Å². The van der Waals surface area contributed by atoms with Gasteiger partial charge in [-0.15, -0.1) is 0 Å². The molecule has 0 saturated carbocycles. The van der Waals surface area contributed by atoms with Crippen LogP contribution in [0.5, 0.6) is 0 Å². The van der Waals surface area contributed by atoms with Crippen molar-refractivity contribution in [3.63, 3.8) is 0 Å². The summed E-state index contributed by atoms with van der Waals surface area (Å²) in [6, 6.07) is 6.05. The Morgan fingerprint density at radius 2 is 2.44 bits per heavy atom. The molecule has 1 saturated heterocycles. The number of carbonyl (C=O) groups is 1. The summed E-state index contributed by atoms with van der Waals surface area (Å²) in [5.41, 5.74) is 1.01. The Labute approximate surface area is 94.7 Å². The van der Waals surface area contributed by atoms with Crippen molar-refractivity contribution in [2.24, 2.45) is 5.92 Å². The van der Waals surface area contributed by atoms with Crippen LogP contribution < -0.4 is 5.32 Å². The third-order valence-corrected chi connectivity index (χ3v) is 3.02. The zero-order valence-corrected chi connectivity index (χ0v) is 9.10. The van der Waals surface area contributed by atoms with Crippen molar-refractivity contribution >= 4 is 5.97 Å². The van der Waals surface area contributed by atoms with Crippen LogP contribution in [0.3, 0.4) is 0 Å². The number of hydrogen-bond acceptors (Lipinski definition) is 3. The Morgan fingerprint density at radius 1 is 1.56 bits per heavy atom. The molecule has 0 aromatic carbocycles. The molecule has 86 valence electrons. The summed E-state index contributed by atoms with van der Waals surface area (Å²) >= 11 is 0. The molecule has 2 N–H and O–H groups in total. The van der Waals surface area contributed by atoms with E-state index in [9.17, 15) is 4.79 Å². The van der Waals surface area contributed by atoms with Crippen LogP contribution >= 0.6 is 0 Å². The first-order valence-electron chi connectivity index (χ1n) is 5.62. The van der Waals surface area contributed by atoms with E-state index in [0.29, 0.717) is 0 Å². The number of piperidine rings is 1. The van der Waals surface area contributed by atoms with E-state index in [1.165, 1.54) is 0 Å². The summed E-state index contributed by atoms with van der Waals surface area (Å²) in [7, 11) is 0. The molecule has 2 atom stereocenters. The van der Waals surface area contributed by atoms with Gasteiger partial charge in [0, 0.05) is 18.7 Å². The van der Waals surface area contributed by atoms with E-state index in [4.69, 9.17) is 5.11 Å². The molecular formula is C12H16N2O2. The Balaban J connectivity index is 1.99. The first kappa shape index (κ1) is 11.1. The minimum Gasteiger partial charge on any atom is -0.481 e. The molecule has 1 aliphatic rings. The monoisotopic (exact) mass is 220 g/mol. The number of carboxylic acids is 1. The number of nitrogens with one attached hydrogen (secondary N) is 1. The average molecular weight is 220 g/mol. The number of aliphatic carboxylic acids is 1. The third kappa shape index (κ3) is 2.79. The molecule has 1 aliphatic heterocycles. The van der Waals surface area contributed by atoms with Crippen LogP contribution in [0.2, 0.25) is 0 Å². The van der Waals surface area contributed by atoms with Crippen molar-refractivity contribution in [3.8, 4) is 0 Å². The van der Waals surface area contributed by atoms with Crippen LogP contribution in [0.15, 0.2) is 24.4 Å². The van der Waals surface area contributed by atoms with E-state index < -0.39 is 5.97 Å². The van der Waals surface area contributed by atoms with Gasteiger partial charge in [-0.1, -0.05) is 6.07 Å². The fourth-order valence-corrected chi connectivity index (χ4v) is 2.24. The van der Waals surface area contributed by atoms with Gasteiger partial charge in [-0.2, -0.15) is 0 Å².